The van der Waals surface area contributed by atoms with E-state index < -0.39 is 0 Å². The fourth-order valence-corrected chi connectivity index (χ4v) is 4.69. The minimum Gasteiger partial charge on any atom is -0.493 e. The number of ether oxygens (including phenoxy) is 2. The minimum atomic E-state index is -0.0754. The van der Waals surface area contributed by atoms with E-state index in [4.69, 9.17) is 14.5 Å². The number of anilines is 1. The first-order chi connectivity index (χ1) is 14.6. The van der Waals surface area contributed by atoms with E-state index >= 15 is 0 Å². The van der Waals surface area contributed by atoms with Crippen molar-refractivity contribution >= 4 is 62.4 Å². The van der Waals surface area contributed by atoms with Gasteiger partial charge >= 0.3 is 0 Å². The van der Waals surface area contributed by atoms with Crippen LogP contribution in [0.5, 0.6) is 11.5 Å². The summed E-state index contributed by atoms with van der Waals surface area (Å²) in [6.07, 6.45) is 3.48. The molecule has 2 aromatic heterocycles. The second-order valence-corrected chi connectivity index (χ2v) is 8.53. The van der Waals surface area contributed by atoms with E-state index in [-0.39, 0.29) is 18.3 Å². The summed E-state index contributed by atoms with van der Waals surface area (Å²) >= 11 is 3.08. The number of nitrogens with zero attached hydrogens (tertiary/aromatic N) is 3. The Balaban J connectivity index is 0.00000341. The maximum Gasteiger partial charge on any atom is 0.252 e. The van der Waals surface area contributed by atoms with Gasteiger partial charge in [0.05, 0.1) is 24.4 Å². The summed E-state index contributed by atoms with van der Waals surface area (Å²) < 4.78 is 11.7. The number of hydrogen-bond donors (Lipinski definition) is 0. The molecular weight excluding hydrogens is 454 g/mol. The first kappa shape index (κ1) is 25.1. The van der Waals surface area contributed by atoms with Gasteiger partial charge in [-0.25, -0.2) is 4.98 Å². The molecule has 1 amide bonds. The van der Waals surface area contributed by atoms with Crippen molar-refractivity contribution in [3.8, 4) is 11.5 Å². The number of carbonyl (C=O) groups is 1. The fourth-order valence-electron chi connectivity index (χ4n) is 3.07. The van der Waals surface area contributed by atoms with Crippen LogP contribution in [0.15, 0.2) is 35.7 Å². The van der Waals surface area contributed by atoms with Gasteiger partial charge in [-0.2, -0.15) is 0 Å². The Labute approximate surface area is 197 Å². The molecule has 0 aliphatic heterocycles. The van der Waals surface area contributed by atoms with Gasteiger partial charge in [-0.05, 0) is 30.6 Å². The van der Waals surface area contributed by atoms with E-state index in [1.807, 2.05) is 35.7 Å². The van der Waals surface area contributed by atoms with Crippen molar-refractivity contribution in [1.29, 1.82) is 0 Å². The van der Waals surface area contributed by atoms with Crippen LogP contribution in [0.2, 0.25) is 0 Å². The molecule has 3 aromatic rings. The molecule has 0 saturated carbocycles. The van der Waals surface area contributed by atoms with Crippen molar-refractivity contribution in [2.24, 2.45) is 0 Å². The van der Waals surface area contributed by atoms with Crippen LogP contribution in [0, 0.1) is 0 Å². The van der Waals surface area contributed by atoms with Crippen LogP contribution >= 0.6 is 35.1 Å². The van der Waals surface area contributed by atoms with Gasteiger partial charge in [-0.1, -0.05) is 31.3 Å². The number of thiazole rings is 1. The van der Waals surface area contributed by atoms with Gasteiger partial charge in [-0.3, -0.25) is 9.69 Å². The van der Waals surface area contributed by atoms with Gasteiger partial charge in [0, 0.05) is 36.2 Å². The van der Waals surface area contributed by atoms with Gasteiger partial charge in [0.1, 0.15) is 0 Å². The molecule has 0 saturated heterocycles. The molecule has 3 rings (SSSR count). The first-order valence-corrected chi connectivity index (χ1v) is 11.6. The maximum absolute atomic E-state index is 13.1. The van der Waals surface area contributed by atoms with Crippen LogP contribution < -0.4 is 14.4 Å². The lowest BCUT2D eigenvalue weighted by Crippen LogP contribution is -2.38. The standard InChI is InChI=1S/C22H27N3O3S2.ClH/c1-5-24(6-2)11-12-25(21(26)10-9-16-8-7-13-29-16)22-23-17-14-18(27-3)19(28-4)15-20(17)30-22;/h7-10,13-15H,5-6,11-12H2,1-4H3;1H. The summed E-state index contributed by atoms with van der Waals surface area (Å²) in [5.74, 6) is 1.20. The van der Waals surface area contributed by atoms with Crippen molar-refractivity contribution in [3.05, 3.63) is 40.6 Å². The van der Waals surface area contributed by atoms with Crippen LogP contribution in [0.25, 0.3) is 16.3 Å². The molecule has 0 radical (unpaired) electrons. The zero-order chi connectivity index (χ0) is 21.5. The molecule has 168 valence electrons. The molecule has 0 spiro atoms. The van der Waals surface area contributed by atoms with Gasteiger partial charge in [-0.15, -0.1) is 23.7 Å². The first-order valence-electron chi connectivity index (χ1n) is 9.87. The Morgan fingerprint density at radius 3 is 2.45 bits per heavy atom. The number of amides is 1. The molecule has 0 unspecified atom stereocenters. The van der Waals surface area contributed by atoms with Gasteiger partial charge < -0.3 is 14.4 Å². The Hall–Kier alpha value is -2.13. The highest BCUT2D eigenvalue weighted by molar-refractivity contribution is 7.22. The molecule has 0 N–H and O–H groups in total. The highest BCUT2D eigenvalue weighted by atomic mass is 35.5. The number of thiophene rings is 1. The van der Waals surface area contributed by atoms with Crippen molar-refractivity contribution in [2.45, 2.75) is 13.8 Å². The third-order valence-electron chi connectivity index (χ3n) is 4.85. The summed E-state index contributed by atoms with van der Waals surface area (Å²) in [4.78, 5) is 22.9. The second-order valence-electron chi connectivity index (χ2n) is 6.54. The summed E-state index contributed by atoms with van der Waals surface area (Å²) in [5, 5.41) is 2.67. The summed E-state index contributed by atoms with van der Waals surface area (Å²) in [6, 6.07) is 7.72. The fraction of sp³-hybridized carbons (Fsp3) is 0.364. The molecule has 9 heteroatoms. The lowest BCUT2D eigenvalue weighted by atomic mass is 10.3. The molecule has 0 fully saturated rings. The molecule has 2 heterocycles. The van der Waals surface area contributed by atoms with Crippen LogP contribution in [0.3, 0.4) is 0 Å². The maximum atomic E-state index is 13.1. The lowest BCUT2D eigenvalue weighted by molar-refractivity contribution is -0.114. The molecule has 0 atom stereocenters. The van der Waals surface area contributed by atoms with E-state index in [2.05, 4.69) is 18.7 Å². The summed E-state index contributed by atoms with van der Waals surface area (Å²) in [5.41, 5.74) is 0.788. The highest BCUT2D eigenvalue weighted by Gasteiger charge is 2.20. The molecule has 6 nitrogen and oxygen atoms in total. The quantitative estimate of drug-likeness (QED) is 0.373. The van der Waals surface area contributed by atoms with Crippen LogP contribution in [-0.2, 0) is 4.79 Å². The van der Waals surface area contributed by atoms with E-state index in [0.717, 1.165) is 34.7 Å². The average Bonchev–Trinajstić information content (AvgIpc) is 3.43. The van der Waals surface area contributed by atoms with Crippen LogP contribution in [0.4, 0.5) is 5.13 Å². The predicted octanol–water partition coefficient (Wildman–Crippen LogP) is 5.19. The SMILES string of the molecule is CCN(CC)CCN(C(=O)C=Cc1cccs1)c1nc2cc(OC)c(OC)cc2s1.Cl. The number of rotatable bonds is 10. The van der Waals surface area contributed by atoms with E-state index in [0.29, 0.717) is 23.2 Å². The number of hydrogen-bond acceptors (Lipinski definition) is 7. The number of fused-ring (bicyclic) bond motifs is 1. The van der Waals surface area contributed by atoms with Gasteiger partial charge in [0.25, 0.3) is 5.91 Å². The smallest absolute Gasteiger partial charge is 0.252 e. The predicted molar refractivity (Wildman–Crippen MR) is 133 cm³/mol. The molecule has 0 bridgehead atoms. The van der Waals surface area contributed by atoms with E-state index in [1.165, 1.54) is 11.3 Å². The third kappa shape index (κ3) is 6.20. The summed E-state index contributed by atoms with van der Waals surface area (Å²) in [7, 11) is 3.22. The third-order valence-corrected chi connectivity index (χ3v) is 6.73. The number of likely N-dealkylation sites (N-methyl/N-ethyl adjacent to an activating group) is 1. The lowest BCUT2D eigenvalue weighted by Gasteiger charge is -2.23. The van der Waals surface area contributed by atoms with Crippen molar-refractivity contribution in [2.75, 3.05) is 45.3 Å². The second kappa shape index (κ2) is 12.0. The largest absolute Gasteiger partial charge is 0.493 e. The Morgan fingerprint density at radius 1 is 1.13 bits per heavy atom. The van der Waals surface area contributed by atoms with Crippen molar-refractivity contribution in [3.63, 3.8) is 0 Å². The van der Waals surface area contributed by atoms with E-state index in [1.54, 1.807) is 36.5 Å². The zero-order valence-corrected chi connectivity index (χ0v) is 20.6. The monoisotopic (exact) mass is 481 g/mol. The number of aromatic nitrogens is 1. The topological polar surface area (TPSA) is 54.9 Å². The highest BCUT2D eigenvalue weighted by Crippen LogP contribution is 2.37. The summed E-state index contributed by atoms with van der Waals surface area (Å²) in [6.45, 7) is 7.50. The van der Waals surface area contributed by atoms with Crippen LogP contribution in [0.1, 0.15) is 18.7 Å². The number of halogens is 1. The normalized spacial score (nSPS) is 11.1. The van der Waals surface area contributed by atoms with E-state index in [9.17, 15) is 4.79 Å². The number of methoxy groups -OCH3 is 2. The molecule has 0 aliphatic carbocycles. The van der Waals surface area contributed by atoms with Crippen LogP contribution in [-0.4, -0.2) is 56.2 Å². The zero-order valence-electron chi connectivity index (χ0n) is 18.2. The number of benzene rings is 1. The molecule has 31 heavy (non-hydrogen) atoms. The van der Waals surface area contributed by atoms with Crippen molar-refractivity contribution < 1.29 is 14.3 Å². The van der Waals surface area contributed by atoms with Crippen molar-refractivity contribution in [1.82, 2.24) is 9.88 Å². The average molecular weight is 482 g/mol. The molecular formula is C22H28ClN3O3S2. The minimum absolute atomic E-state index is 0. The molecule has 0 aliphatic rings. The van der Waals surface area contributed by atoms with Gasteiger partial charge in [0.2, 0.25) is 0 Å². The Morgan fingerprint density at radius 2 is 1.84 bits per heavy atom. The van der Waals surface area contributed by atoms with Gasteiger partial charge in [0.15, 0.2) is 16.6 Å². The number of carbonyl (C=O) groups excluding carboxylic acids is 1. The molecule has 1 aromatic carbocycles. The Bertz CT molecular complexity index is 960. The Kier molecular flexibility index (Phi) is 9.77.